The Morgan fingerprint density at radius 3 is 1.98 bits per heavy atom. The van der Waals surface area contributed by atoms with E-state index >= 15 is 0 Å². The topological polar surface area (TPSA) is 174 Å². The molecule has 1 aliphatic rings. The Balaban J connectivity index is 0.000000165. The minimum atomic E-state index is -4.00. The smallest absolute Gasteiger partial charge is 0.338 e. The molecule has 0 unspecified atom stereocenters. The summed E-state index contributed by atoms with van der Waals surface area (Å²) in [5.74, 6) is -1.10. The van der Waals surface area contributed by atoms with Crippen molar-refractivity contribution in [2.24, 2.45) is 0 Å². The van der Waals surface area contributed by atoms with Gasteiger partial charge in [-0.1, -0.05) is 29.3 Å². The number of hydrogen-bond donors (Lipinski definition) is 4. The van der Waals surface area contributed by atoms with E-state index in [1.807, 2.05) is 6.07 Å². The van der Waals surface area contributed by atoms with Gasteiger partial charge in [0.25, 0.3) is 20.0 Å². The van der Waals surface area contributed by atoms with E-state index in [2.05, 4.69) is 19.4 Å². The molecule has 0 atom stereocenters. The Kier molecular flexibility index (Phi) is 8.33. The average Bonchev–Trinajstić information content (AvgIpc) is 3.74. The van der Waals surface area contributed by atoms with E-state index in [4.69, 9.17) is 33.2 Å². The van der Waals surface area contributed by atoms with Crippen LogP contribution >= 0.6 is 23.2 Å². The average molecular weight is 713 g/mol. The number of fused-ring (bicyclic) bond motifs is 3. The van der Waals surface area contributed by atoms with Gasteiger partial charge in [-0.05, 0) is 66.7 Å². The van der Waals surface area contributed by atoms with Crippen LogP contribution in [0.25, 0.3) is 21.8 Å². The number of benzene rings is 4. The summed E-state index contributed by atoms with van der Waals surface area (Å²) in [7, 11) is -7.82. The van der Waals surface area contributed by atoms with Crippen molar-refractivity contribution in [3.05, 3.63) is 118 Å². The van der Waals surface area contributed by atoms with E-state index in [9.17, 15) is 26.0 Å². The fourth-order valence-electron chi connectivity index (χ4n) is 4.87. The quantitative estimate of drug-likeness (QED) is 0.136. The zero-order chi connectivity index (χ0) is 33.5. The number of nitrogens with zero attached hydrogens (tertiary/aromatic N) is 1. The van der Waals surface area contributed by atoms with E-state index < -0.39 is 31.8 Å². The van der Waals surface area contributed by atoms with Crippen molar-refractivity contribution in [2.75, 3.05) is 9.44 Å². The highest BCUT2D eigenvalue weighted by Gasteiger charge is 2.24. The molecular formula is C31H20Cl2FN5O6S2. The molecule has 11 nitrogen and oxygen atoms in total. The number of rotatable bonds is 6. The Labute approximate surface area is 277 Å². The second-order valence-electron chi connectivity index (χ2n) is 10.1. The number of nitriles is 1. The van der Waals surface area contributed by atoms with Crippen molar-refractivity contribution < 1.29 is 30.8 Å². The highest BCUT2D eigenvalue weighted by molar-refractivity contribution is 7.93. The van der Waals surface area contributed by atoms with Crippen molar-refractivity contribution in [1.82, 2.24) is 9.97 Å². The molecule has 7 rings (SSSR count). The number of nitrogens with one attached hydrogen (secondary N) is 4. The first kappa shape index (κ1) is 31.9. The largest absolute Gasteiger partial charge is 0.457 e. The number of halogens is 3. The fourth-order valence-corrected chi connectivity index (χ4v) is 7.70. The van der Waals surface area contributed by atoms with Gasteiger partial charge in [0.2, 0.25) is 0 Å². The number of aromatic nitrogens is 2. The van der Waals surface area contributed by atoms with Crippen molar-refractivity contribution in [3.63, 3.8) is 0 Å². The first-order valence-corrected chi connectivity index (χ1v) is 17.2. The normalized spacial score (nSPS) is 12.6. The number of carbonyl (C=O) groups is 1. The lowest BCUT2D eigenvalue weighted by atomic mass is 10.1. The lowest BCUT2D eigenvalue weighted by Gasteiger charge is -2.09. The van der Waals surface area contributed by atoms with Gasteiger partial charge in [0.1, 0.15) is 28.3 Å². The Morgan fingerprint density at radius 1 is 0.787 bits per heavy atom. The molecule has 0 saturated carbocycles. The van der Waals surface area contributed by atoms with E-state index in [0.29, 0.717) is 43.1 Å². The summed E-state index contributed by atoms with van der Waals surface area (Å²) in [6.45, 7) is 0.213. The molecule has 4 N–H and O–H groups in total. The van der Waals surface area contributed by atoms with Gasteiger partial charge in [-0.2, -0.15) is 5.26 Å². The molecule has 4 aromatic carbocycles. The lowest BCUT2D eigenvalue weighted by molar-refractivity contribution is 0.0535. The summed E-state index contributed by atoms with van der Waals surface area (Å²) >= 11 is 11.8. The van der Waals surface area contributed by atoms with Crippen LogP contribution in [0.4, 0.5) is 15.8 Å². The minimum absolute atomic E-state index is 0.0164. The number of hydrogen-bond acceptors (Lipinski definition) is 7. The van der Waals surface area contributed by atoms with Crippen LogP contribution in [0.1, 0.15) is 21.5 Å². The maximum atomic E-state index is 13.3. The number of anilines is 2. The minimum Gasteiger partial charge on any atom is -0.457 e. The molecule has 0 amide bonds. The van der Waals surface area contributed by atoms with Gasteiger partial charge in [-0.15, -0.1) is 0 Å². The van der Waals surface area contributed by atoms with Crippen LogP contribution in [0.3, 0.4) is 0 Å². The van der Waals surface area contributed by atoms with Crippen LogP contribution in [0.5, 0.6) is 0 Å². The maximum absolute atomic E-state index is 13.3. The molecule has 1 aliphatic heterocycles. The zero-order valence-electron chi connectivity index (χ0n) is 23.6. The summed E-state index contributed by atoms with van der Waals surface area (Å²) in [6, 6.07) is 19.5. The van der Waals surface area contributed by atoms with Gasteiger partial charge in [0, 0.05) is 55.5 Å². The fraction of sp³-hybridized carbons (Fsp3) is 0.0323. The molecule has 0 saturated heterocycles. The van der Waals surface area contributed by atoms with E-state index in [1.165, 1.54) is 24.5 Å². The van der Waals surface area contributed by atoms with Crippen LogP contribution < -0.4 is 9.44 Å². The van der Waals surface area contributed by atoms with Crippen molar-refractivity contribution in [1.29, 1.82) is 5.26 Å². The van der Waals surface area contributed by atoms with E-state index in [-0.39, 0.29) is 27.6 Å². The highest BCUT2D eigenvalue weighted by Crippen LogP contribution is 2.30. The van der Waals surface area contributed by atoms with Gasteiger partial charge in [0.15, 0.2) is 0 Å². The summed E-state index contributed by atoms with van der Waals surface area (Å²) in [4.78, 5) is 17.4. The van der Waals surface area contributed by atoms with Crippen molar-refractivity contribution in [2.45, 2.75) is 16.4 Å². The second kappa shape index (κ2) is 12.3. The Morgan fingerprint density at radius 2 is 1.38 bits per heavy atom. The summed E-state index contributed by atoms with van der Waals surface area (Å²) in [5, 5.41) is 11.0. The van der Waals surface area contributed by atoms with Crippen LogP contribution in [0.2, 0.25) is 10.0 Å². The standard InChI is InChI=1S/C16H11ClN2O4S.C15H9ClFN3O2S/c17-10-2-4-12-14(5-10)18-7-15(12)24(21,22)19-11-3-1-9-8-23-16(20)13(9)6-11;16-10-2-4-12-14(5-10)19-8-15(12)23(21,22)20-13-6-11(17)3-1-9(13)7-18/h1-7,18-19H,8H2;1-6,8,19-20H. The Hall–Kier alpha value is -5.07. The molecule has 0 radical (unpaired) electrons. The zero-order valence-corrected chi connectivity index (χ0v) is 26.8. The Bertz CT molecular complexity index is 2490. The molecule has 0 spiro atoms. The lowest BCUT2D eigenvalue weighted by Crippen LogP contribution is -2.13. The number of aromatic amines is 2. The third-order valence-corrected chi connectivity index (χ3v) is 10.4. The van der Waals surface area contributed by atoms with Crippen LogP contribution in [-0.4, -0.2) is 32.8 Å². The maximum Gasteiger partial charge on any atom is 0.338 e. The van der Waals surface area contributed by atoms with Crippen molar-refractivity contribution in [3.8, 4) is 6.07 Å². The highest BCUT2D eigenvalue weighted by atomic mass is 35.5. The monoisotopic (exact) mass is 711 g/mol. The predicted octanol–water partition coefficient (Wildman–Crippen LogP) is 6.93. The van der Waals surface area contributed by atoms with Gasteiger partial charge in [-0.25, -0.2) is 26.0 Å². The number of cyclic esters (lactones) is 1. The van der Waals surface area contributed by atoms with Gasteiger partial charge in [-0.3, -0.25) is 9.44 Å². The van der Waals surface area contributed by atoms with E-state index in [1.54, 1.807) is 48.5 Å². The van der Waals surface area contributed by atoms with Gasteiger partial charge < -0.3 is 14.7 Å². The number of sulfonamides is 2. The number of esters is 1. The molecule has 0 aliphatic carbocycles. The molecule has 238 valence electrons. The number of ether oxygens (including phenoxy) is 1. The van der Waals surface area contributed by atoms with Crippen molar-refractivity contribution >= 4 is 82.4 Å². The summed E-state index contributed by atoms with van der Waals surface area (Å²) < 4.78 is 73.4. The summed E-state index contributed by atoms with van der Waals surface area (Å²) in [6.07, 6.45) is 2.72. The molecule has 16 heteroatoms. The van der Waals surface area contributed by atoms with Crippen LogP contribution in [0, 0.1) is 17.1 Å². The third kappa shape index (κ3) is 6.47. The third-order valence-electron chi connectivity index (χ3n) is 7.08. The van der Waals surface area contributed by atoms with Crippen LogP contribution in [0.15, 0.2) is 95.0 Å². The second-order valence-corrected chi connectivity index (χ2v) is 14.3. The molecule has 6 aromatic rings. The molecule has 0 bridgehead atoms. The first-order chi connectivity index (χ1) is 22.3. The SMILES string of the molecule is N#Cc1ccc(F)cc1NS(=O)(=O)c1c[nH]c2cc(Cl)ccc12.O=C1OCc2ccc(NS(=O)(=O)c3c[nH]c4cc(Cl)ccc34)cc21. The number of carbonyl (C=O) groups excluding carboxylic acids is 1. The molecule has 3 heterocycles. The van der Waals surface area contributed by atoms with E-state index in [0.717, 1.165) is 17.7 Å². The molecule has 2 aromatic heterocycles. The number of H-pyrrole nitrogens is 2. The molecule has 0 fully saturated rings. The molecular weight excluding hydrogens is 692 g/mol. The molecule has 47 heavy (non-hydrogen) atoms. The van der Waals surface area contributed by atoms with Crippen LogP contribution in [-0.2, 0) is 31.4 Å². The predicted molar refractivity (Wildman–Crippen MR) is 175 cm³/mol. The summed E-state index contributed by atoms with van der Waals surface area (Å²) in [5.41, 5.74) is 2.51. The van der Waals surface area contributed by atoms with Gasteiger partial charge >= 0.3 is 5.97 Å². The first-order valence-electron chi connectivity index (χ1n) is 13.4. The van der Waals surface area contributed by atoms with Gasteiger partial charge in [0.05, 0.1) is 16.8 Å².